The second kappa shape index (κ2) is 10.6. The van der Waals surface area contributed by atoms with Crippen molar-refractivity contribution in [2.75, 3.05) is 52.4 Å². The molecule has 5 nitrogen and oxygen atoms in total. The van der Waals surface area contributed by atoms with Gasteiger partial charge in [-0.1, -0.05) is 30.8 Å². The van der Waals surface area contributed by atoms with Crippen molar-refractivity contribution in [3.8, 4) is 11.5 Å². The van der Waals surface area contributed by atoms with E-state index in [9.17, 15) is 0 Å². The van der Waals surface area contributed by atoms with Crippen molar-refractivity contribution in [1.82, 2.24) is 4.90 Å². The normalized spacial score (nSPS) is 15.4. The number of ether oxygens (including phenoxy) is 3. The molecule has 28 heavy (non-hydrogen) atoms. The molecule has 0 aliphatic carbocycles. The Hall–Kier alpha value is -1.89. The highest BCUT2D eigenvalue weighted by molar-refractivity contribution is 8.00. The average molecular weight is 403 g/mol. The van der Waals surface area contributed by atoms with Gasteiger partial charge in [0, 0.05) is 36.3 Å². The molecule has 1 unspecified atom stereocenters. The molecule has 1 aliphatic rings. The van der Waals surface area contributed by atoms with Crippen LogP contribution in [0.3, 0.4) is 0 Å². The predicted octanol–water partition coefficient (Wildman–Crippen LogP) is 4.65. The molecule has 2 aromatic rings. The monoisotopic (exact) mass is 402 g/mol. The number of methoxy groups -OCH3 is 2. The summed E-state index contributed by atoms with van der Waals surface area (Å²) >= 11 is 1.81. The van der Waals surface area contributed by atoms with Crippen LogP contribution in [0.25, 0.3) is 0 Å². The van der Waals surface area contributed by atoms with Gasteiger partial charge in [0.15, 0.2) is 0 Å². The zero-order valence-corrected chi connectivity index (χ0v) is 17.8. The maximum Gasteiger partial charge on any atom is 0.125 e. The van der Waals surface area contributed by atoms with Gasteiger partial charge in [-0.3, -0.25) is 0 Å². The Morgan fingerprint density at radius 1 is 1.07 bits per heavy atom. The lowest BCUT2D eigenvalue weighted by molar-refractivity contribution is 0.146. The standard InChI is InChI=1S/C22H30N2O3S/c1-4-24(13-15-25-2)12-7-14-27-20-11-10-17(26-3)16-18(20)22-23-19-8-5-6-9-21(19)28-22/h5-6,8-11,16,22-23H,4,7,12-15H2,1-3H3. The SMILES string of the molecule is CCN(CCCOc1ccc(OC)cc1C1Nc2ccccc2S1)CCOC. The van der Waals surface area contributed by atoms with Gasteiger partial charge in [0.1, 0.15) is 16.9 Å². The first-order valence-electron chi connectivity index (χ1n) is 9.79. The molecule has 0 radical (unpaired) electrons. The Bertz CT molecular complexity index is 731. The van der Waals surface area contributed by atoms with E-state index in [2.05, 4.69) is 47.5 Å². The van der Waals surface area contributed by atoms with E-state index in [1.807, 2.05) is 23.9 Å². The van der Waals surface area contributed by atoms with E-state index < -0.39 is 0 Å². The van der Waals surface area contributed by atoms with Gasteiger partial charge in [-0.2, -0.15) is 0 Å². The lowest BCUT2D eigenvalue weighted by Crippen LogP contribution is -2.29. The third-order valence-corrected chi connectivity index (χ3v) is 6.07. The highest BCUT2D eigenvalue weighted by Gasteiger charge is 2.25. The number of fused-ring (bicyclic) bond motifs is 1. The number of para-hydroxylation sites is 1. The second-order valence-electron chi connectivity index (χ2n) is 6.67. The summed E-state index contributed by atoms with van der Waals surface area (Å²) < 4.78 is 16.8. The van der Waals surface area contributed by atoms with Gasteiger partial charge in [-0.05, 0) is 43.3 Å². The molecule has 0 saturated heterocycles. The number of hydrogen-bond donors (Lipinski definition) is 1. The number of likely N-dealkylation sites (N-methyl/N-ethyl adjacent to an activating group) is 1. The summed E-state index contributed by atoms with van der Waals surface area (Å²) in [6.07, 6.45) is 0.981. The molecular formula is C22H30N2O3S. The Labute approximate surface area is 172 Å². The maximum absolute atomic E-state index is 6.18. The van der Waals surface area contributed by atoms with Crippen molar-refractivity contribution >= 4 is 17.4 Å². The van der Waals surface area contributed by atoms with Crippen LogP contribution in [0.1, 0.15) is 24.3 Å². The third-order valence-electron chi connectivity index (χ3n) is 4.85. The number of nitrogens with one attached hydrogen (secondary N) is 1. The largest absolute Gasteiger partial charge is 0.497 e. The predicted molar refractivity (Wildman–Crippen MR) is 116 cm³/mol. The second-order valence-corrected chi connectivity index (χ2v) is 7.82. The van der Waals surface area contributed by atoms with Gasteiger partial charge in [-0.15, -0.1) is 0 Å². The van der Waals surface area contributed by atoms with Crippen LogP contribution in [0.15, 0.2) is 47.4 Å². The van der Waals surface area contributed by atoms with E-state index in [1.54, 1.807) is 14.2 Å². The van der Waals surface area contributed by atoms with E-state index >= 15 is 0 Å². The minimum Gasteiger partial charge on any atom is -0.497 e. The molecule has 3 rings (SSSR count). The fraction of sp³-hybridized carbons (Fsp3) is 0.455. The highest BCUT2D eigenvalue weighted by atomic mass is 32.2. The van der Waals surface area contributed by atoms with Crippen LogP contribution >= 0.6 is 11.8 Å². The molecule has 1 aliphatic heterocycles. The smallest absolute Gasteiger partial charge is 0.125 e. The van der Waals surface area contributed by atoms with Crippen molar-refractivity contribution in [2.45, 2.75) is 23.6 Å². The summed E-state index contributed by atoms with van der Waals surface area (Å²) in [5, 5.41) is 3.71. The van der Waals surface area contributed by atoms with Gasteiger partial charge in [0.05, 0.1) is 20.3 Å². The molecule has 0 spiro atoms. The van der Waals surface area contributed by atoms with Crippen LogP contribution in [0.4, 0.5) is 5.69 Å². The minimum absolute atomic E-state index is 0.122. The fourth-order valence-corrected chi connectivity index (χ4v) is 4.40. The number of benzene rings is 2. The fourth-order valence-electron chi connectivity index (χ4n) is 3.24. The topological polar surface area (TPSA) is 43.0 Å². The summed E-state index contributed by atoms with van der Waals surface area (Å²) in [7, 11) is 3.44. The van der Waals surface area contributed by atoms with Crippen LogP contribution in [-0.2, 0) is 4.74 Å². The molecule has 0 aromatic heterocycles. The average Bonchev–Trinajstić information content (AvgIpc) is 3.17. The molecule has 0 bridgehead atoms. The Kier molecular flexibility index (Phi) is 7.89. The molecule has 1 N–H and O–H groups in total. The molecule has 152 valence electrons. The van der Waals surface area contributed by atoms with Crippen molar-refractivity contribution in [3.05, 3.63) is 48.0 Å². The van der Waals surface area contributed by atoms with Crippen molar-refractivity contribution in [1.29, 1.82) is 0 Å². The Morgan fingerprint density at radius 3 is 2.68 bits per heavy atom. The molecule has 2 aromatic carbocycles. The molecule has 0 saturated carbocycles. The van der Waals surface area contributed by atoms with Crippen LogP contribution in [0.5, 0.6) is 11.5 Å². The summed E-state index contributed by atoms with van der Waals surface area (Å²) in [4.78, 5) is 3.64. The summed E-state index contributed by atoms with van der Waals surface area (Å²) in [6.45, 7) is 6.63. The molecule has 1 heterocycles. The lowest BCUT2D eigenvalue weighted by atomic mass is 10.1. The lowest BCUT2D eigenvalue weighted by Gasteiger charge is -2.21. The highest BCUT2D eigenvalue weighted by Crippen LogP contribution is 2.49. The van der Waals surface area contributed by atoms with Gasteiger partial charge < -0.3 is 24.4 Å². The van der Waals surface area contributed by atoms with Crippen molar-refractivity contribution in [2.24, 2.45) is 0 Å². The Balaban J connectivity index is 1.62. The summed E-state index contributed by atoms with van der Waals surface area (Å²) in [6, 6.07) is 14.4. The quantitative estimate of drug-likeness (QED) is 0.552. The first kappa shape index (κ1) is 20.8. The van der Waals surface area contributed by atoms with Crippen LogP contribution in [-0.4, -0.2) is 52.0 Å². The molecule has 1 atom stereocenters. The van der Waals surface area contributed by atoms with Crippen LogP contribution in [0.2, 0.25) is 0 Å². The van der Waals surface area contributed by atoms with E-state index in [0.717, 1.165) is 49.7 Å². The van der Waals surface area contributed by atoms with Gasteiger partial charge >= 0.3 is 0 Å². The molecular weight excluding hydrogens is 372 g/mol. The molecule has 6 heteroatoms. The number of rotatable bonds is 11. The number of hydrogen-bond acceptors (Lipinski definition) is 6. The molecule has 0 amide bonds. The van der Waals surface area contributed by atoms with E-state index in [4.69, 9.17) is 14.2 Å². The maximum atomic E-state index is 6.18. The van der Waals surface area contributed by atoms with E-state index in [0.29, 0.717) is 6.61 Å². The zero-order valence-electron chi connectivity index (χ0n) is 16.9. The first-order chi connectivity index (χ1) is 13.7. The van der Waals surface area contributed by atoms with Gasteiger partial charge in [-0.25, -0.2) is 0 Å². The van der Waals surface area contributed by atoms with Gasteiger partial charge in [0.2, 0.25) is 0 Å². The number of thioether (sulfide) groups is 1. The summed E-state index contributed by atoms with van der Waals surface area (Å²) in [5.74, 6) is 1.76. The van der Waals surface area contributed by atoms with Gasteiger partial charge in [0.25, 0.3) is 0 Å². The number of anilines is 1. The third kappa shape index (κ3) is 5.34. The molecule has 0 fully saturated rings. The summed E-state index contributed by atoms with van der Waals surface area (Å²) in [5.41, 5.74) is 2.29. The zero-order chi connectivity index (χ0) is 19.8. The van der Waals surface area contributed by atoms with Crippen molar-refractivity contribution < 1.29 is 14.2 Å². The van der Waals surface area contributed by atoms with Crippen molar-refractivity contribution in [3.63, 3.8) is 0 Å². The Morgan fingerprint density at radius 2 is 1.93 bits per heavy atom. The first-order valence-corrected chi connectivity index (χ1v) is 10.7. The number of nitrogens with zero attached hydrogens (tertiary/aromatic N) is 1. The van der Waals surface area contributed by atoms with Crippen LogP contribution < -0.4 is 14.8 Å². The van der Waals surface area contributed by atoms with E-state index in [-0.39, 0.29) is 5.37 Å². The van der Waals surface area contributed by atoms with Crippen LogP contribution in [0, 0.1) is 0 Å². The minimum atomic E-state index is 0.122. The van der Waals surface area contributed by atoms with E-state index in [1.165, 1.54) is 10.6 Å².